The fourth-order valence-corrected chi connectivity index (χ4v) is 6.50. The van der Waals surface area contributed by atoms with Crippen molar-refractivity contribution < 1.29 is 34.1 Å². The molecular formula is C35H33IN6O7. The van der Waals surface area contributed by atoms with Crippen LogP contribution in [0.2, 0.25) is 0 Å². The van der Waals surface area contributed by atoms with Crippen LogP contribution in [-0.4, -0.2) is 79.0 Å². The maximum atomic E-state index is 13.5. The summed E-state index contributed by atoms with van der Waals surface area (Å²) in [6.45, 7) is 1.85. The number of fused-ring (bicyclic) bond motifs is 1. The molecule has 1 amide bonds. The van der Waals surface area contributed by atoms with Gasteiger partial charge in [0.25, 0.3) is 5.91 Å². The zero-order valence-electron chi connectivity index (χ0n) is 26.3. The van der Waals surface area contributed by atoms with Gasteiger partial charge >= 0.3 is 11.9 Å². The second-order valence-electron chi connectivity index (χ2n) is 11.4. The number of nitrogens with one attached hydrogen (secondary N) is 2. The van der Waals surface area contributed by atoms with Gasteiger partial charge in [0, 0.05) is 29.1 Å². The lowest BCUT2D eigenvalue weighted by Gasteiger charge is -2.26. The zero-order chi connectivity index (χ0) is 34.5. The van der Waals surface area contributed by atoms with E-state index in [9.17, 15) is 24.6 Å². The van der Waals surface area contributed by atoms with Gasteiger partial charge in [0.1, 0.15) is 12.3 Å². The fraction of sp³-hybridized carbons (Fsp3) is 0.257. The first-order valence-electron chi connectivity index (χ1n) is 15.6. The van der Waals surface area contributed by atoms with Crippen molar-refractivity contribution in [3.63, 3.8) is 0 Å². The number of amides is 1. The minimum absolute atomic E-state index is 0.0407. The van der Waals surface area contributed by atoms with Crippen LogP contribution in [0, 0.1) is 3.83 Å². The minimum Gasteiger partial charge on any atom is -0.478 e. The van der Waals surface area contributed by atoms with Crippen LogP contribution < -0.4 is 10.6 Å². The molecule has 13 nitrogen and oxygen atoms in total. The number of imidazole rings is 1. The standard InChI is InChI=1S/C35H33IN6O7/c1-2-37-31(44)28-27(49-34(47)21-13-7-4-8-14-21)25(23-15-9-10-16-24(23)33(45)46)32(48-28)42-19-38-26-29(40-35(36)41-30(26)42)39-22(18-43)17-20-11-5-3-6-12-20/h3-16,19,22,25,27-28,32,43H,2,17-18H2,1H3,(H,37,44)(H,45,46)(H,39,40,41)/t22-,25?,27?,28?,32?/m0/s1. The molecular weight excluding hydrogens is 743 g/mol. The van der Waals surface area contributed by atoms with Gasteiger partial charge in [0.05, 0.1) is 36.0 Å². The van der Waals surface area contributed by atoms with Gasteiger partial charge in [0.15, 0.2) is 26.9 Å². The molecule has 0 aliphatic carbocycles. The Bertz CT molecular complexity index is 1960. The quantitative estimate of drug-likeness (QED) is 0.0812. The van der Waals surface area contributed by atoms with Crippen LogP contribution in [0.1, 0.15) is 50.9 Å². The Balaban J connectivity index is 1.46. The van der Waals surface area contributed by atoms with Crippen LogP contribution >= 0.6 is 22.6 Å². The molecule has 0 bridgehead atoms. The van der Waals surface area contributed by atoms with Crippen LogP contribution in [-0.2, 0) is 20.7 Å². The monoisotopic (exact) mass is 776 g/mol. The molecule has 1 fully saturated rings. The Labute approximate surface area is 294 Å². The molecule has 4 N–H and O–H groups in total. The third-order valence-corrected chi connectivity index (χ3v) is 8.69. The molecule has 1 aliphatic heterocycles. The Morgan fingerprint density at radius 2 is 1.69 bits per heavy atom. The number of carbonyl (C=O) groups is 3. The average Bonchev–Trinajstić information content (AvgIpc) is 3.70. The number of hydrogen-bond acceptors (Lipinski definition) is 10. The maximum Gasteiger partial charge on any atom is 0.338 e. The Hall–Kier alpha value is -4.93. The number of anilines is 1. The van der Waals surface area contributed by atoms with E-state index in [2.05, 4.69) is 25.6 Å². The van der Waals surface area contributed by atoms with Gasteiger partial charge in [0.2, 0.25) is 0 Å². The van der Waals surface area contributed by atoms with E-state index in [0.717, 1.165) is 5.56 Å². The Morgan fingerprint density at radius 1 is 1.00 bits per heavy atom. The summed E-state index contributed by atoms with van der Waals surface area (Å²) in [6, 6.07) is 24.0. The highest BCUT2D eigenvalue weighted by atomic mass is 127. The number of benzene rings is 3. The summed E-state index contributed by atoms with van der Waals surface area (Å²) in [5.41, 5.74) is 2.22. The summed E-state index contributed by atoms with van der Waals surface area (Å²) in [6.07, 6.45) is -1.66. The third kappa shape index (κ3) is 7.25. The van der Waals surface area contributed by atoms with Crippen molar-refractivity contribution in [3.8, 4) is 0 Å². The summed E-state index contributed by atoms with van der Waals surface area (Å²) >= 11 is 1.98. The highest BCUT2D eigenvalue weighted by molar-refractivity contribution is 14.1. The summed E-state index contributed by atoms with van der Waals surface area (Å²) in [7, 11) is 0. The molecule has 14 heteroatoms. The van der Waals surface area contributed by atoms with E-state index in [-0.39, 0.29) is 24.3 Å². The van der Waals surface area contributed by atoms with Crippen LogP contribution in [0.25, 0.3) is 11.2 Å². The number of aliphatic hydroxyl groups excluding tert-OH is 1. The number of carboxylic acids is 1. The fourth-order valence-electron chi connectivity index (χ4n) is 6.03. The number of aromatic nitrogens is 4. The summed E-state index contributed by atoms with van der Waals surface area (Å²) in [4.78, 5) is 53.4. The molecule has 0 saturated carbocycles. The van der Waals surface area contributed by atoms with Crippen LogP contribution in [0.15, 0.2) is 91.3 Å². The lowest BCUT2D eigenvalue weighted by Crippen LogP contribution is -2.43. The first-order valence-corrected chi connectivity index (χ1v) is 16.7. The van der Waals surface area contributed by atoms with Crippen molar-refractivity contribution >= 4 is 57.4 Å². The number of carboxylic acid groups (broad SMARTS) is 1. The number of aromatic carboxylic acids is 1. The van der Waals surface area contributed by atoms with Gasteiger partial charge in [-0.1, -0.05) is 66.7 Å². The Kier molecular flexibility index (Phi) is 10.5. The lowest BCUT2D eigenvalue weighted by molar-refractivity contribution is -0.137. The smallest absolute Gasteiger partial charge is 0.338 e. The highest BCUT2D eigenvalue weighted by Gasteiger charge is 2.53. The molecule has 2 aromatic heterocycles. The summed E-state index contributed by atoms with van der Waals surface area (Å²) in [5, 5.41) is 26.5. The largest absolute Gasteiger partial charge is 0.478 e. The number of halogens is 1. The van der Waals surface area contributed by atoms with E-state index in [1.54, 1.807) is 60.0 Å². The lowest BCUT2D eigenvalue weighted by atomic mass is 9.87. The second kappa shape index (κ2) is 15.1. The second-order valence-corrected chi connectivity index (χ2v) is 12.3. The molecule has 5 atom stereocenters. The predicted octanol–water partition coefficient (Wildman–Crippen LogP) is 4.19. The summed E-state index contributed by atoms with van der Waals surface area (Å²) < 4.78 is 14.5. The molecule has 4 unspecified atom stereocenters. The molecule has 5 aromatic rings. The zero-order valence-corrected chi connectivity index (χ0v) is 28.4. The number of carbonyl (C=O) groups excluding carboxylic acids is 2. The molecule has 252 valence electrons. The van der Waals surface area contributed by atoms with Gasteiger partial charge in [-0.2, -0.15) is 0 Å². The molecule has 1 saturated heterocycles. The number of ether oxygens (including phenoxy) is 2. The Morgan fingerprint density at radius 3 is 2.39 bits per heavy atom. The molecule has 49 heavy (non-hydrogen) atoms. The number of rotatable bonds is 12. The van der Waals surface area contributed by atoms with E-state index in [4.69, 9.17) is 9.47 Å². The molecule has 6 rings (SSSR count). The van der Waals surface area contributed by atoms with E-state index in [0.29, 0.717) is 32.8 Å². The van der Waals surface area contributed by atoms with Crippen molar-refractivity contribution in [2.24, 2.45) is 0 Å². The van der Waals surface area contributed by atoms with Crippen molar-refractivity contribution in [1.82, 2.24) is 24.8 Å². The third-order valence-electron chi connectivity index (χ3n) is 8.21. The van der Waals surface area contributed by atoms with Crippen molar-refractivity contribution in [2.75, 3.05) is 18.5 Å². The number of aliphatic hydroxyl groups is 1. The normalized spacial score (nSPS) is 19.3. The van der Waals surface area contributed by atoms with E-state index < -0.39 is 48.2 Å². The highest BCUT2D eigenvalue weighted by Crippen LogP contribution is 2.46. The topological polar surface area (TPSA) is 178 Å². The van der Waals surface area contributed by atoms with E-state index in [1.165, 1.54) is 12.4 Å². The van der Waals surface area contributed by atoms with Crippen molar-refractivity contribution in [1.29, 1.82) is 0 Å². The first kappa shape index (κ1) is 34.0. The van der Waals surface area contributed by atoms with Crippen molar-refractivity contribution in [2.45, 2.75) is 43.7 Å². The van der Waals surface area contributed by atoms with Crippen LogP contribution in [0.3, 0.4) is 0 Å². The molecule has 0 spiro atoms. The number of nitrogens with zero attached hydrogens (tertiary/aromatic N) is 4. The van der Waals surface area contributed by atoms with Gasteiger partial charge in [-0.15, -0.1) is 0 Å². The van der Waals surface area contributed by atoms with E-state index >= 15 is 0 Å². The number of esters is 1. The molecule has 3 heterocycles. The van der Waals surface area contributed by atoms with Crippen LogP contribution in [0.4, 0.5) is 5.82 Å². The predicted molar refractivity (Wildman–Crippen MR) is 187 cm³/mol. The van der Waals surface area contributed by atoms with Gasteiger partial charge in [-0.05, 0) is 42.7 Å². The van der Waals surface area contributed by atoms with Gasteiger partial charge in [-0.25, -0.2) is 24.5 Å². The first-order chi connectivity index (χ1) is 23.8. The van der Waals surface area contributed by atoms with Gasteiger partial charge in [-0.3, -0.25) is 9.36 Å². The summed E-state index contributed by atoms with van der Waals surface area (Å²) in [5.74, 6) is -3.05. The maximum absolute atomic E-state index is 13.5. The van der Waals surface area contributed by atoms with E-state index in [1.807, 2.05) is 52.9 Å². The average molecular weight is 777 g/mol. The SMILES string of the molecule is CCNC(=O)C1OC(n2cnc3c(N[C@H](CO)Cc4ccccc4)nc(I)nc32)C(c2ccccc2C(=O)O)C1OC(=O)c1ccccc1. The van der Waals surface area contributed by atoms with Crippen LogP contribution in [0.5, 0.6) is 0 Å². The van der Waals surface area contributed by atoms with Crippen molar-refractivity contribution in [3.05, 3.63) is 117 Å². The molecule has 1 aliphatic rings. The number of likely N-dealkylation sites (N-methyl/N-ethyl adjacent to an activating group) is 1. The van der Waals surface area contributed by atoms with Gasteiger partial charge < -0.3 is 30.3 Å². The molecule has 3 aromatic carbocycles. The number of hydrogen-bond donors (Lipinski definition) is 4. The minimum atomic E-state index is -1.31. The molecule has 0 radical (unpaired) electrons.